The van der Waals surface area contributed by atoms with Crippen LogP contribution in [0.3, 0.4) is 0 Å². The normalized spacial score (nSPS) is 27.5. The van der Waals surface area contributed by atoms with Crippen molar-refractivity contribution in [3.05, 3.63) is 0 Å². The fraction of sp³-hybridized carbons (Fsp3) is 0.923. The minimum Gasteiger partial charge on any atom is -0.480 e. The van der Waals surface area contributed by atoms with Crippen LogP contribution in [-0.2, 0) is 9.53 Å². The number of morpholine rings is 1. The average molecular weight is 271 g/mol. The van der Waals surface area contributed by atoms with E-state index in [9.17, 15) is 4.79 Å². The first-order valence-corrected chi connectivity index (χ1v) is 7.15. The standard InChI is InChI=1S/C13H25N3O3/c1-14-12(13(17)18)3-5-15-4-2-11(10-15)16-6-8-19-9-7-16/h11-12,14H,2-10H2,1H3,(H,17,18). The van der Waals surface area contributed by atoms with Gasteiger partial charge < -0.3 is 20.1 Å². The maximum absolute atomic E-state index is 10.9. The molecular formula is C13H25N3O3. The third-order valence-electron chi connectivity index (χ3n) is 4.19. The smallest absolute Gasteiger partial charge is 0.320 e. The molecule has 2 aliphatic heterocycles. The van der Waals surface area contributed by atoms with Gasteiger partial charge in [0.25, 0.3) is 0 Å². The summed E-state index contributed by atoms with van der Waals surface area (Å²) in [5.74, 6) is -0.758. The Bertz CT molecular complexity index is 295. The van der Waals surface area contributed by atoms with Gasteiger partial charge in [-0.15, -0.1) is 0 Å². The highest BCUT2D eigenvalue weighted by Gasteiger charge is 2.29. The third kappa shape index (κ3) is 4.14. The fourth-order valence-corrected chi connectivity index (χ4v) is 2.96. The molecule has 0 aromatic carbocycles. The Kier molecular flexibility index (Phi) is 5.57. The number of nitrogens with one attached hydrogen (secondary N) is 1. The zero-order valence-corrected chi connectivity index (χ0v) is 11.7. The molecule has 0 aromatic heterocycles. The first kappa shape index (κ1) is 14.7. The number of ether oxygens (including phenoxy) is 1. The van der Waals surface area contributed by atoms with Crippen molar-refractivity contribution in [3.8, 4) is 0 Å². The monoisotopic (exact) mass is 271 g/mol. The van der Waals surface area contributed by atoms with E-state index in [2.05, 4.69) is 15.1 Å². The molecule has 19 heavy (non-hydrogen) atoms. The van der Waals surface area contributed by atoms with Gasteiger partial charge in [0, 0.05) is 32.2 Å². The van der Waals surface area contributed by atoms with Crippen molar-refractivity contribution < 1.29 is 14.6 Å². The number of likely N-dealkylation sites (tertiary alicyclic amines) is 1. The minimum atomic E-state index is -0.758. The molecule has 2 saturated heterocycles. The number of aliphatic carboxylic acids is 1. The maximum atomic E-state index is 10.9. The summed E-state index contributed by atoms with van der Waals surface area (Å²) in [6.07, 6.45) is 1.86. The number of carbonyl (C=O) groups is 1. The summed E-state index contributed by atoms with van der Waals surface area (Å²) < 4.78 is 5.38. The Morgan fingerprint density at radius 2 is 2.16 bits per heavy atom. The summed E-state index contributed by atoms with van der Waals surface area (Å²) >= 11 is 0. The van der Waals surface area contributed by atoms with E-state index in [1.165, 1.54) is 6.42 Å². The number of carboxylic acids is 1. The molecule has 2 atom stereocenters. The molecule has 0 bridgehead atoms. The van der Waals surface area contributed by atoms with Gasteiger partial charge in [0.05, 0.1) is 13.2 Å². The summed E-state index contributed by atoms with van der Waals surface area (Å²) in [4.78, 5) is 15.8. The molecule has 2 rings (SSSR count). The zero-order chi connectivity index (χ0) is 13.7. The third-order valence-corrected chi connectivity index (χ3v) is 4.19. The summed E-state index contributed by atoms with van der Waals surface area (Å²) in [6, 6.07) is 0.198. The molecule has 6 heteroatoms. The molecule has 2 fully saturated rings. The summed E-state index contributed by atoms with van der Waals surface area (Å²) in [6.45, 7) is 6.76. The van der Waals surface area contributed by atoms with E-state index in [4.69, 9.17) is 9.84 Å². The number of carboxylic acid groups (broad SMARTS) is 1. The van der Waals surface area contributed by atoms with Crippen molar-refractivity contribution in [3.63, 3.8) is 0 Å². The van der Waals surface area contributed by atoms with Crippen LogP contribution in [0.5, 0.6) is 0 Å². The van der Waals surface area contributed by atoms with Crippen LogP contribution >= 0.6 is 0 Å². The van der Waals surface area contributed by atoms with Crippen molar-refractivity contribution in [2.75, 3.05) is 53.0 Å². The Morgan fingerprint density at radius 1 is 1.42 bits per heavy atom. The molecule has 0 amide bonds. The molecule has 0 aromatic rings. The van der Waals surface area contributed by atoms with Crippen molar-refractivity contribution in [2.45, 2.75) is 24.9 Å². The largest absolute Gasteiger partial charge is 0.480 e. The molecule has 0 saturated carbocycles. The second-order valence-electron chi connectivity index (χ2n) is 5.36. The van der Waals surface area contributed by atoms with E-state index < -0.39 is 12.0 Å². The van der Waals surface area contributed by atoms with Crippen LogP contribution in [0.25, 0.3) is 0 Å². The number of hydrogen-bond donors (Lipinski definition) is 2. The van der Waals surface area contributed by atoms with E-state index in [1.807, 2.05) is 0 Å². The van der Waals surface area contributed by atoms with Crippen LogP contribution in [0.1, 0.15) is 12.8 Å². The predicted octanol–water partition coefficient (Wildman–Crippen LogP) is -0.544. The molecular weight excluding hydrogens is 246 g/mol. The Balaban J connectivity index is 1.71. The molecule has 0 spiro atoms. The number of nitrogens with zero attached hydrogens (tertiary/aromatic N) is 2. The van der Waals surface area contributed by atoms with Crippen LogP contribution in [0.4, 0.5) is 0 Å². The van der Waals surface area contributed by atoms with E-state index in [0.29, 0.717) is 12.5 Å². The lowest BCUT2D eigenvalue weighted by molar-refractivity contribution is -0.139. The number of likely N-dealkylation sites (N-methyl/N-ethyl adjacent to an activating group) is 1. The lowest BCUT2D eigenvalue weighted by Gasteiger charge is -2.32. The number of hydrogen-bond acceptors (Lipinski definition) is 5. The Hall–Kier alpha value is -0.690. The Morgan fingerprint density at radius 3 is 2.79 bits per heavy atom. The molecule has 6 nitrogen and oxygen atoms in total. The van der Waals surface area contributed by atoms with Crippen LogP contribution in [-0.4, -0.2) is 85.9 Å². The zero-order valence-electron chi connectivity index (χ0n) is 11.7. The van der Waals surface area contributed by atoms with E-state index in [0.717, 1.165) is 45.9 Å². The lowest BCUT2D eigenvalue weighted by atomic mass is 10.2. The molecule has 0 aliphatic carbocycles. The van der Waals surface area contributed by atoms with Gasteiger partial charge in [0.2, 0.25) is 0 Å². The summed E-state index contributed by atoms with van der Waals surface area (Å²) in [7, 11) is 1.71. The highest BCUT2D eigenvalue weighted by molar-refractivity contribution is 5.73. The van der Waals surface area contributed by atoms with Crippen molar-refractivity contribution in [1.82, 2.24) is 15.1 Å². The van der Waals surface area contributed by atoms with Crippen molar-refractivity contribution in [2.24, 2.45) is 0 Å². The minimum absolute atomic E-state index is 0.428. The van der Waals surface area contributed by atoms with Crippen molar-refractivity contribution in [1.29, 1.82) is 0 Å². The van der Waals surface area contributed by atoms with Gasteiger partial charge >= 0.3 is 5.97 Å². The first-order valence-electron chi connectivity index (χ1n) is 7.15. The lowest BCUT2D eigenvalue weighted by Crippen LogP contribution is -2.45. The molecule has 110 valence electrons. The van der Waals surface area contributed by atoms with Gasteiger partial charge in [-0.25, -0.2) is 0 Å². The van der Waals surface area contributed by atoms with E-state index in [-0.39, 0.29) is 0 Å². The van der Waals surface area contributed by atoms with Gasteiger partial charge in [0.1, 0.15) is 6.04 Å². The SMILES string of the molecule is CNC(CCN1CCC(N2CCOCC2)C1)C(=O)O. The average Bonchev–Trinajstić information content (AvgIpc) is 2.89. The van der Waals surface area contributed by atoms with Crippen LogP contribution < -0.4 is 5.32 Å². The topological polar surface area (TPSA) is 65.0 Å². The Labute approximate surface area is 114 Å². The van der Waals surface area contributed by atoms with E-state index in [1.54, 1.807) is 7.05 Å². The molecule has 2 N–H and O–H groups in total. The van der Waals surface area contributed by atoms with Crippen LogP contribution in [0.15, 0.2) is 0 Å². The number of rotatable bonds is 6. The van der Waals surface area contributed by atoms with Gasteiger partial charge in [-0.2, -0.15) is 0 Å². The van der Waals surface area contributed by atoms with E-state index >= 15 is 0 Å². The van der Waals surface area contributed by atoms with Gasteiger partial charge in [-0.3, -0.25) is 9.69 Å². The first-order chi connectivity index (χ1) is 9.20. The molecule has 0 radical (unpaired) electrons. The highest BCUT2D eigenvalue weighted by atomic mass is 16.5. The quantitative estimate of drug-likeness (QED) is 0.676. The maximum Gasteiger partial charge on any atom is 0.320 e. The second-order valence-corrected chi connectivity index (χ2v) is 5.36. The molecule has 2 unspecified atom stereocenters. The fourth-order valence-electron chi connectivity index (χ4n) is 2.96. The second kappa shape index (κ2) is 7.19. The van der Waals surface area contributed by atoms with Gasteiger partial charge in [0.15, 0.2) is 0 Å². The summed E-state index contributed by atoms with van der Waals surface area (Å²) in [5, 5.41) is 11.8. The predicted molar refractivity (Wildman–Crippen MR) is 72.3 cm³/mol. The molecule has 2 aliphatic rings. The van der Waals surface area contributed by atoms with Gasteiger partial charge in [-0.05, 0) is 26.4 Å². The van der Waals surface area contributed by atoms with Gasteiger partial charge in [-0.1, -0.05) is 0 Å². The van der Waals surface area contributed by atoms with Crippen LogP contribution in [0, 0.1) is 0 Å². The van der Waals surface area contributed by atoms with Crippen LogP contribution in [0.2, 0.25) is 0 Å². The van der Waals surface area contributed by atoms with Crippen molar-refractivity contribution >= 4 is 5.97 Å². The highest BCUT2D eigenvalue weighted by Crippen LogP contribution is 2.17. The molecule has 2 heterocycles. The summed E-state index contributed by atoms with van der Waals surface area (Å²) in [5.41, 5.74) is 0.